The predicted octanol–water partition coefficient (Wildman–Crippen LogP) is 5.99. The van der Waals surface area contributed by atoms with Gasteiger partial charge in [-0.3, -0.25) is 19.9 Å². The first kappa shape index (κ1) is 28.7. The van der Waals surface area contributed by atoms with Crippen molar-refractivity contribution in [2.75, 3.05) is 37.8 Å². The van der Waals surface area contributed by atoms with Crippen LogP contribution in [0.15, 0.2) is 91.5 Å². The number of amides is 1. The zero-order valence-corrected chi connectivity index (χ0v) is 25.0. The zero-order chi connectivity index (χ0) is 31.6. The highest BCUT2D eigenvalue weighted by atomic mass is 19.1. The number of rotatable bonds is 9. The van der Waals surface area contributed by atoms with E-state index in [1.165, 1.54) is 12.1 Å². The molecule has 2 aromatic carbocycles. The first-order chi connectivity index (χ1) is 22.4. The van der Waals surface area contributed by atoms with Crippen LogP contribution in [-0.2, 0) is 0 Å². The number of aromatic nitrogens is 7. The average Bonchev–Trinajstić information content (AvgIpc) is 3.69. The van der Waals surface area contributed by atoms with E-state index in [9.17, 15) is 9.18 Å². The first-order valence-electron chi connectivity index (χ1n) is 14.6. The lowest BCUT2D eigenvalue weighted by atomic mass is 10.1. The van der Waals surface area contributed by atoms with Crippen molar-refractivity contribution in [3.8, 4) is 33.9 Å². The second-order valence-electron chi connectivity index (χ2n) is 11.1. The van der Waals surface area contributed by atoms with Crippen LogP contribution in [0.2, 0.25) is 0 Å². The number of nitrogens with zero attached hydrogens (tertiary/aromatic N) is 6. The van der Waals surface area contributed by atoms with E-state index in [0.717, 1.165) is 28.6 Å². The highest BCUT2D eigenvalue weighted by Gasteiger charge is 2.18. The third-order valence-electron chi connectivity index (χ3n) is 7.47. The molecule has 0 saturated carbocycles. The van der Waals surface area contributed by atoms with Gasteiger partial charge < -0.3 is 20.5 Å². The Morgan fingerprint density at radius 1 is 0.891 bits per heavy atom. The van der Waals surface area contributed by atoms with Crippen LogP contribution < -0.4 is 10.6 Å². The van der Waals surface area contributed by atoms with Crippen LogP contribution in [0.25, 0.3) is 56.0 Å². The minimum absolute atomic E-state index is 0.223. The van der Waals surface area contributed by atoms with E-state index in [-0.39, 0.29) is 11.7 Å². The van der Waals surface area contributed by atoms with Crippen molar-refractivity contribution in [2.45, 2.75) is 0 Å². The maximum atomic E-state index is 14.7. The largest absolute Gasteiger partial charge is 0.384 e. The van der Waals surface area contributed by atoms with Crippen LogP contribution in [-0.4, -0.2) is 73.1 Å². The summed E-state index contributed by atoms with van der Waals surface area (Å²) in [5, 5.41) is 14.4. The smallest absolute Gasteiger partial charge is 0.255 e. The van der Waals surface area contributed by atoms with Crippen LogP contribution in [0, 0.1) is 5.82 Å². The van der Waals surface area contributed by atoms with Crippen LogP contribution in [0.1, 0.15) is 10.4 Å². The molecular formula is C34H29FN10O. The molecule has 228 valence electrons. The number of hydrogen-bond acceptors (Lipinski definition) is 8. The number of fused-ring (bicyclic) bond motifs is 2. The number of imidazole rings is 1. The maximum Gasteiger partial charge on any atom is 0.255 e. The third kappa shape index (κ3) is 5.88. The standard InChI is InChI=1S/C34H29FN10O/c1-45(2)11-10-37-25-13-21(12-24(35)16-25)29-31-28(8-9-38-29)41-33(42-31)30-27-15-23(18-39-32(27)44-43-30)22-14-26(19-36-17-22)40-34(46)20-6-4-3-5-7-20/h3-9,12-19,37H,10-11H2,1-2H3,(H,40,46)(H,41,42)(H,39,43,44). The Bertz CT molecular complexity index is 2190. The lowest BCUT2D eigenvalue weighted by Gasteiger charge is -2.12. The van der Waals surface area contributed by atoms with Gasteiger partial charge in [0.05, 0.1) is 28.5 Å². The van der Waals surface area contributed by atoms with Crippen molar-refractivity contribution in [2.24, 2.45) is 0 Å². The van der Waals surface area contributed by atoms with E-state index in [1.807, 2.05) is 56.6 Å². The van der Waals surface area contributed by atoms with Gasteiger partial charge in [-0.1, -0.05) is 18.2 Å². The van der Waals surface area contributed by atoms with E-state index in [0.29, 0.717) is 57.4 Å². The molecule has 11 nitrogen and oxygen atoms in total. The van der Waals surface area contributed by atoms with E-state index in [2.05, 4.69) is 45.7 Å². The van der Waals surface area contributed by atoms with Crippen molar-refractivity contribution in [1.82, 2.24) is 40.0 Å². The topological polar surface area (TPSA) is 140 Å². The number of nitrogens with one attached hydrogen (secondary N) is 4. The van der Waals surface area contributed by atoms with E-state index in [1.54, 1.807) is 36.9 Å². The van der Waals surface area contributed by atoms with Crippen molar-refractivity contribution in [3.05, 3.63) is 103 Å². The molecule has 0 aliphatic carbocycles. The number of aromatic amines is 2. The summed E-state index contributed by atoms with van der Waals surface area (Å²) in [7, 11) is 3.98. The van der Waals surface area contributed by atoms with E-state index >= 15 is 0 Å². The van der Waals surface area contributed by atoms with Gasteiger partial charge >= 0.3 is 0 Å². The molecule has 1 amide bonds. The summed E-state index contributed by atoms with van der Waals surface area (Å²) in [5.74, 6) is -0.0780. The molecule has 0 bridgehead atoms. The molecule has 0 unspecified atom stereocenters. The normalized spacial score (nSPS) is 11.4. The Morgan fingerprint density at radius 2 is 1.72 bits per heavy atom. The third-order valence-corrected chi connectivity index (χ3v) is 7.47. The summed E-state index contributed by atoms with van der Waals surface area (Å²) < 4.78 is 14.7. The van der Waals surface area contributed by atoms with Crippen molar-refractivity contribution in [3.63, 3.8) is 0 Å². The van der Waals surface area contributed by atoms with Crippen LogP contribution >= 0.6 is 0 Å². The average molecular weight is 613 g/mol. The molecule has 46 heavy (non-hydrogen) atoms. The summed E-state index contributed by atoms with van der Waals surface area (Å²) in [6.45, 7) is 1.48. The van der Waals surface area contributed by atoms with Gasteiger partial charge in [-0.05, 0) is 62.6 Å². The molecule has 12 heteroatoms. The molecule has 0 aliphatic heterocycles. The zero-order valence-electron chi connectivity index (χ0n) is 25.0. The monoisotopic (exact) mass is 612 g/mol. The summed E-state index contributed by atoms with van der Waals surface area (Å²) >= 11 is 0. The van der Waals surface area contributed by atoms with Gasteiger partial charge in [0.2, 0.25) is 0 Å². The Hall–Kier alpha value is -6.01. The van der Waals surface area contributed by atoms with Crippen LogP contribution in [0.5, 0.6) is 0 Å². The molecule has 0 atom stereocenters. The fourth-order valence-corrected chi connectivity index (χ4v) is 5.21. The van der Waals surface area contributed by atoms with E-state index in [4.69, 9.17) is 4.98 Å². The molecule has 7 aromatic rings. The Morgan fingerprint density at radius 3 is 2.57 bits per heavy atom. The van der Waals surface area contributed by atoms with Gasteiger partial charge in [0.25, 0.3) is 5.91 Å². The summed E-state index contributed by atoms with van der Waals surface area (Å²) in [6, 6.07) is 19.4. The number of halogens is 1. The number of hydrogen-bond donors (Lipinski definition) is 4. The Labute approximate surface area is 263 Å². The van der Waals surface area contributed by atoms with Gasteiger partial charge in [-0.25, -0.2) is 14.4 Å². The van der Waals surface area contributed by atoms with Gasteiger partial charge in [0.1, 0.15) is 17.0 Å². The van der Waals surface area contributed by atoms with Crippen molar-refractivity contribution in [1.29, 1.82) is 0 Å². The molecule has 0 fully saturated rings. The number of anilines is 2. The number of carbonyl (C=O) groups is 1. The maximum absolute atomic E-state index is 14.7. The number of carbonyl (C=O) groups excluding carboxylic acids is 1. The summed E-state index contributed by atoms with van der Waals surface area (Å²) in [5.41, 5.74) is 6.97. The first-order valence-corrected chi connectivity index (χ1v) is 14.6. The highest BCUT2D eigenvalue weighted by molar-refractivity contribution is 6.04. The van der Waals surface area contributed by atoms with Gasteiger partial charge in [0.15, 0.2) is 11.5 Å². The summed E-state index contributed by atoms with van der Waals surface area (Å²) in [6.07, 6.45) is 6.70. The SMILES string of the molecule is CN(C)CCNc1cc(F)cc(-c2nccc3[nH]c(-c4n[nH]c5ncc(-c6cncc(NC(=O)c7ccccc7)c6)cc45)nc23)c1. The lowest BCUT2D eigenvalue weighted by molar-refractivity contribution is 0.102. The van der Waals surface area contributed by atoms with Crippen molar-refractivity contribution >= 4 is 39.3 Å². The Kier molecular flexibility index (Phi) is 7.61. The van der Waals surface area contributed by atoms with Crippen molar-refractivity contribution < 1.29 is 9.18 Å². The molecule has 0 saturated heterocycles. The minimum atomic E-state index is -0.366. The van der Waals surface area contributed by atoms with Crippen LogP contribution in [0.4, 0.5) is 15.8 Å². The minimum Gasteiger partial charge on any atom is -0.384 e. The fraction of sp³-hybridized carbons (Fsp3) is 0.118. The number of H-pyrrole nitrogens is 2. The predicted molar refractivity (Wildman–Crippen MR) is 177 cm³/mol. The molecule has 0 spiro atoms. The molecule has 5 aromatic heterocycles. The number of pyridine rings is 3. The highest BCUT2D eigenvalue weighted by Crippen LogP contribution is 2.33. The Balaban J connectivity index is 1.21. The summed E-state index contributed by atoms with van der Waals surface area (Å²) in [4.78, 5) is 36.4. The fourth-order valence-electron chi connectivity index (χ4n) is 5.21. The quantitative estimate of drug-likeness (QED) is 0.156. The lowest BCUT2D eigenvalue weighted by Crippen LogP contribution is -2.20. The van der Waals surface area contributed by atoms with Gasteiger partial charge in [-0.2, -0.15) is 5.10 Å². The molecule has 0 radical (unpaired) electrons. The molecule has 5 heterocycles. The molecule has 4 N–H and O–H groups in total. The number of likely N-dealkylation sites (N-methyl/N-ethyl adjacent to an activating group) is 1. The second-order valence-corrected chi connectivity index (χ2v) is 11.1. The molecule has 0 aliphatic rings. The second kappa shape index (κ2) is 12.2. The van der Waals surface area contributed by atoms with E-state index < -0.39 is 0 Å². The number of benzene rings is 2. The van der Waals surface area contributed by atoms with Gasteiger partial charge in [-0.15, -0.1) is 0 Å². The molecular weight excluding hydrogens is 583 g/mol. The molecule has 7 rings (SSSR count). The van der Waals surface area contributed by atoms with Gasteiger partial charge in [0, 0.05) is 59.6 Å². The van der Waals surface area contributed by atoms with Crippen LogP contribution in [0.3, 0.4) is 0 Å².